The number of ether oxygens (including phenoxy) is 1. The highest BCUT2D eigenvalue weighted by Crippen LogP contribution is 2.19. The molecule has 2 heterocycles. The van der Waals surface area contributed by atoms with Crippen molar-refractivity contribution in [1.82, 2.24) is 10.2 Å². The fraction of sp³-hybridized carbons (Fsp3) is 0.571. The summed E-state index contributed by atoms with van der Waals surface area (Å²) in [5.74, 6) is -0.833. The molecule has 3 atom stereocenters. The number of amides is 2. The molecule has 2 rings (SSSR count). The minimum absolute atomic E-state index is 0.114. The van der Waals surface area contributed by atoms with E-state index in [0.717, 1.165) is 5.76 Å². The fourth-order valence-electron chi connectivity index (χ4n) is 2.41. The van der Waals surface area contributed by atoms with Crippen LogP contribution in [0.15, 0.2) is 22.8 Å². The molecule has 21 heavy (non-hydrogen) atoms. The standard InChI is InChI=1S/C14H20N2O5/c1-9(6-10-4-3-5-21-10)15-14(19)16(2)12-8-20-7-11(12)13(17)18/h3-5,9,11-12H,6-8H2,1-2H3,(H,15,19)(H,17,18). The molecule has 0 aromatic carbocycles. The summed E-state index contributed by atoms with van der Waals surface area (Å²) >= 11 is 0. The number of furan rings is 1. The number of urea groups is 1. The molecule has 1 fully saturated rings. The molecule has 1 aliphatic heterocycles. The van der Waals surface area contributed by atoms with Crippen LogP contribution in [-0.4, -0.2) is 54.4 Å². The van der Waals surface area contributed by atoms with E-state index >= 15 is 0 Å². The van der Waals surface area contributed by atoms with Crippen molar-refractivity contribution in [2.24, 2.45) is 5.92 Å². The lowest BCUT2D eigenvalue weighted by atomic mass is 10.0. The van der Waals surface area contributed by atoms with E-state index < -0.39 is 17.9 Å². The second-order valence-corrected chi connectivity index (χ2v) is 5.29. The van der Waals surface area contributed by atoms with Gasteiger partial charge in [0.2, 0.25) is 0 Å². The third-order valence-corrected chi connectivity index (χ3v) is 3.64. The number of nitrogens with one attached hydrogen (secondary N) is 1. The van der Waals surface area contributed by atoms with Gasteiger partial charge < -0.3 is 24.5 Å². The summed E-state index contributed by atoms with van der Waals surface area (Å²) < 4.78 is 10.4. The number of nitrogens with zero attached hydrogens (tertiary/aromatic N) is 1. The van der Waals surface area contributed by atoms with Gasteiger partial charge in [0.15, 0.2) is 0 Å². The molecule has 2 N–H and O–H groups in total. The number of carboxylic acid groups (broad SMARTS) is 1. The largest absolute Gasteiger partial charge is 0.481 e. The second-order valence-electron chi connectivity index (χ2n) is 5.29. The summed E-state index contributed by atoms with van der Waals surface area (Å²) in [6.45, 7) is 2.25. The molecule has 1 saturated heterocycles. The number of likely N-dealkylation sites (N-methyl/N-ethyl adjacent to an activating group) is 1. The van der Waals surface area contributed by atoms with Crippen LogP contribution in [0.25, 0.3) is 0 Å². The van der Waals surface area contributed by atoms with E-state index in [0.29, 0.717) is 6.42 Å². The maximum atomic E-state index is 12.2. The van der Waals surface area contributed by atoms with Crippen LogP contribution in [0.4, 0.5) is 4.79 Å². The van der Waals surface area contributed by atoms with Crippen molar-refractivity contribution in [3.05, 3.63) is 24.2 Å². The molecule has 0 aliphatic carbocycles. The number of rotatable bonds is 5. The van der Waals surface area contributed by atoms with Crippen LogP contribution in [-0.2, 0) is 16.0 Å². The Morgan fingerprint density at radius 2 is 2.29 bits per heavy atom. The van der Waals surface area contributed by atoms with Gasteiger partial charge >= 0.3 is 12.0 Å². The van der Waals surface area contributed by atoms with E-state index in [2.05, 4.69) is 5.32 Å². The van der Waals surface area contributed by atoms with Crippen LogP contribution in [0.2, 0.25) is 0 Å². The smallest absolute Gasteiger partial charge is 0.317 e. The summed E-state index contributed by atoms with van der Waals surface area (Å²) in [6.07, 6.45) is 2.17. The van der Waals surface area contributed by atoms with Crippen LogP contribution in [0, 0.1) is 5.92 Å². The fourth-order valence-corrected chi connectivity index (χ4v) is 2.41. The maximum absolute atomic E-state index is 12.2. The average Bonchev–Trinajstić information content (AvgIpc) is 3.07. The summed E-state index contributed by atoms with van der Waals surface area (Å²) in [7, 11) is 1.59. The van der Waals surface area contributed by atoms with Crippen LogP contribution < -0.4 is 5.32 Å². The van der Waals surface area contributed by atoms with Gasteiger partial charge in [-0.25, -0.2) is 4.79 Å². The quantitative estimate of drug-likeness (QED) is 0.844. The molecule has 3 unspecified atom stereocenters. The van der Waals surface area contributed by atoms with Crippen molar-refractivity contribution in [3.63, 3.8) is 0 Å². The molecule has 116 valence electrons. The third-order valence-electron chi connectivity index (χ3n) is 3.64. The molecule has 0 radical (unpaired) electrons. The summed E-state index contributed by atoms with van der Waals surface area (Å²) in [5.41, 5.74) is 0. The number of hydrogen-bond donors (Lipinski definition) is 2. The van der Waals surface area contributed by atoms with Crippen molar-refractivity contribution in [2.75, 3.05) is 20.3 Å². The van der Waals surface area contributed by atoms with Crippen LogP contribution in [0.1, 0.15) is 12.7 Å². The van der Waals surface area contributed by atoms with Gasteiger partial charge in [-0.3, -0.25) is 4.79 Å². The van der Waals surface area contributed by atoms with Gasteiger partial charge in [0.1, 0.15) is 11.7 Å². The first-order valence-corrected chi connectivity index (χ1v) is 6.85. The Labute approximate surface area is 122 Å². The Kier molecular flexibility index (Phi) is 4.85. The van der Waals surface area contributed by atoms with E-state index in [1.165, 1.54) is 4.90 Å². The van der Waals surface area contributed by atoms with Crippen LogP contribution >= 0.6 is 0 Å². The Bertz CT molecular complexity index is 488. The van der Waals surface area contributed by atoms with Crippen molar-refractivity contribution >= 4 is 12.0 Å². The van der Waals surface area contributed by atoms with Crippen molar-refractivity contribution < 1.29 is 23.8 Å². The molecular weight excluding hydrogens is 276 g/mol. The number of aliphatic carboxylic acids is 1. The van der Waals surface area contributed by atoms with Crippen molar-refractivity contribution in [3.8, 4) is 0 Å². The molecule has 0 saturated carbocycles. The van der Waals surface area contributed by atoms with Crippen molar-refractivity contribution in [2.45, 2.75) is 25.4 Å². The molecular formula is C14H20N2O5. The molecule has 0 spiro atoms. The first kappa shape index (κ1) is 15.4. The van der Waals surface area contributed by atoms with Gasteiger partial charge in [0, 0.05) is 19.5 Å². The molecule has 1 aliphatic rings. The van der Waals surface area contributed by atoms with Gasteiger partial charge in [-0.2, -0.15) is 0 Å². The van der Waals surface area contributed by atoms with Crippen LogP contribution in [0.3, 0.4) is 0 Å². The average molecular weight is 296 g/mol. The SMILES string of the molecule is CC(Cc1ccco1)NC(=O)N(C)C1COCC1C(=O)O. The Morgan fingerprint density at radius 1 is 1.52 bits per heavy atom. The minimum Gasteiger partial charge on any atom is -0.481 e. The molecule has 7 heteroatoms. The van der Waals surface area contributed by atoms with Gasteiger partial charge in [-0.1, -0.05) is 0 Å². The Morgan fingerprint density at radius 3 is 2.90 bits per heavy atom. The van der Waals surface area contributed by atoms with Gasteiger partial charge in [-0.05, 0) is 19.1 Å². The summed E-state index contributed by atoms with van der Waals surface area (Å²) in [5, 5.41) is 11.9. The summed E-state index contributed by atoms with van der Waals surface area (Å²) in [6, 6.07) is 2.77. The number of carbonyl (C=O) groups is 2. The van der Waals surface area contributed by atoms with Crippen LogP contribution in [0.5, 0.6) is 0 Å². The zero-order valence-corrected chi connectivity index (χ0v) is 12.1. The first-order chi connectivity index (χ1) is 9.99. The van der Waals surface area contributed by atoms with Gasteiger partial charge in [0.25, 0.3) is 0 Å². The van der Waals surface area contributed by atoms with E-state index in [-0.39, 0.29) is 25.3 Å². The van der Waals surface area contributed by atoms with E-state index in [4.69, 9.17) is 14.3 Å². The van der Waals surface area contributed by atoms with Crippen molar-refractivity contribution in [1.29, 1.82) is 0 Å². The van der Waals surface area contributed by atoms with E-state index in [9.17, 15) is 9.59 Å². The van der Waals surface area contributed by atoms with E-state index in [1.807, 2.05) is 13.0 Å². The zero-order valence-electron chi connectivity index (χ0n) is 12.1. The van der Waals surface area contributed by atoms with E-state index in [1.54, 1.807) is 19.4 Å². The zero-order chi connectivity index (χ0) is 15.4. The lowest BCUT2D eigenvalue weighted by Gasteiger charge is -2.28. The number of carboxylic acids is 1. The maximum Gasteiger partial charge on any atom is 0.317 e. The summed E-state index contributed by atoms with van der Waals surface area (Å²) in [4.78, 5) is 24.7. The van der Waals surface area contributed by atoms with Gasteiger partial charge in [0.05, 0.1) is 25.5 Å². The topological polar surface area (TPSA) is 92.0 Å². The molecule has 0 bridgehead atoms. The Balaban J connectivity index is 1.88. The molecule has 1 aromatic rings. The minimum atomic E-state index is -0.944. The number of hydrogen-bond acceptors (Lipinski definition) is 4. The monoisotopic (exact) mass is 296 g/mol. The Hall–Kier alpha value is -2.02. The predicted octanol–water partition coefficient (Wildman–Crippen LogP) is 0.952. The molecule has 7 nitrogen and oxygen atoms in total. The second kappa shape index (κ2) is 6.62. The highest BCUT2D eigenvalue weighted by atomic mass is 16.5. The lowest BCUT2D eigenvalue weighted by molar-refractivity contribution is -0.142. The van der Waals surface area contributed by atoms with Gasteiger partial charge in [-0.15, -0.1) is 0 Å². The lowest BCUT2D eigenvalue weighted by Crippen LogP contribution is -2.50. The third kappa shape index (κ3) is 3.75. The predicted molar refractivity (Wildman–Crippen MR) is 73.9 cm³/mol. The highest BCUT2D eigenvalue weighted by molar-refractivity contribution is 5.77. The first-order valence-electron chi connectivity index (χ1n) is 6.85. The molecule has 2 amide bonds. The number of carbonyl (C=O) groups excluding carboxylic acids is 1. The highest BCUT2D eigenvalue weighted by Gasteiger charge is 2.38. The normalized spacial score (nSPS) is 22.8. The molecule has 1 aromatic heterocycles.